The van der Waals surface area contributed by atoms with Crippen LogP contribution in [0.4, 0.5) is 39.5 Å². The summed E-state index contributed by atoms with van der Waals surface area (Å²) in [5, 5.41) is 0. The second-order valence-electron chi connectivity index (χ2n) is 3.69. The van der Waals surface area contributed by atoms with Gasteiger partial charge in [-0.05, 0) is 6.07 Å². The SMILES string of the molecule is FC1=C(F)C(F)(F)c2c(cc(F)c(F)c2F)C1(F)F. The van der Waals surface area contributed by atoms with Crippen molar-refractivity contribution in [2.24, 2.45) is 0 Å². The fourth-order valence-corrected chi connectivity index (χ4v) is 1.65. The summed E-state index contributed by atoms with van der Waals surface area (Å²) in [5.41, 5.74) is -4.58. The van der Waals surface area contributed by atoms with Crippen LogP contribution in [0.25, 0.3) is 0 Å². The molecule has 0 N–H and O–H groups in total. The van der Waals surface area contributed by atoms with Crippen molar-refractivity contribution in [1.82, 2.24) is 0 Å². The van der Waals surface area contributed by atoms with Crippen molar-refractivity contribution in [2.75, 3.05) is 0 Å². The monoisotopic (exact) mass is 292 g/mol. The molecule has 0 fully saturated rings. The number of hydrogen-bond acceptors (Lipinski definition) is 0. The zero-order valence-corrected chi connectivity index (χ0v) is 8.48. The Hall–Kier alpha value is -1.67. The van der Waals surface area contributed by atoms with Crippen molar-refractivity contribution < 1.29 is 39.5 Å². The van der Waals surface area contributed by atoms with E-state index < -0.39 is 58.1 Å². The molecule has 0 bridgehead atoms. The maximum absolute atomic E-state index is 13.2. The maximum Gasteiger partial charge on any atom is 0.330 e. The van der Waals surface area contributed by atoms with Crippen LogP contribution in [0, 0.1) is 17.5 Å². The molecule has 0 aliphatic heterocycles. The first-order valence-electron chi connectivity index (χ1n) is 4.53. The van der Waals surface area contributed by atoms with Crippen LogP contribution in [-0.4, -0.2) is 0 Å². The van der Waals surface area contributed by atoms with E-state index in [9.17, 15) is 39.5 Å². The Morgan fingerprint density at radius 1 is 0.684 bits per heavy atom. The van der Waals surface area contributed by atoms with Crippen molar-refractivity contribution in [1.29, 1.82) is 0 Å². The topological polar surface area (TPSA) is 0 Å². The molecule has 0 aromatic heterocycles. The minimum atomic E-state index is -5.15. The number of allylic oxidation sites excluding steroid dienone is 2. The molecule has 0 amide bonds. The van der Waals surface area contributed by atoms with Crippen molar-refractivity contribution in [3.8, 4) is 0 Å². The molecule has 19 heavy (non-hydrogen) atoms. The Labute approximate surface area is 98.7 Å². The predicted octanol–water partition coefficient (Wildman–Crippen LogP) is 4.45. The zero-order chi connectivity index (χ0) is 14.7. The van der Waals surface area contributed by atoms with Gasteiger partial charge in [-0.3, -0.25) is 0 Å². The lowest BCUT2D eigenvalue weighted by atomic mass is 9.88. The van der Waals surface area contributed by atoms with Gasteiger partial charge in [0.15, 0.2) is 17.5 Å². The summed E-state index contributed by atoms with van der Waals surface area (Å²) in [6, 6.07) is -0.492. The highest BCUT2D eigenvalue weighted by atomic mass is 19.3. The van der Waals surface area contributed by atoms with Gasteiger partial charge in [-0.1, -0.05) is 0 Å². The lowest BCUT2D eigenvalue weighted by molar-refractivity contribution is -0.0517. The summed E-state index contributed by atoms with van der Waals surface area (Å²) in [4.78, 5) is 0. The second kappa shape index (κ2) is 3.67. The summed E-state index contributed by atoms with van der Waals surface area (Å²) in [7, 11) is 0. The molecule has 1 aliphatic carbocycles. The molecule has 0 atom stereocenters. The maximum atomic E-state index is 13.2. The third kappa shape index (κ3) is 1.56. The van der Waals surface area contributed by atoms with Gasteiger partial charge >= 0.3 is 11.8 Å². The molecule has 0 radical (unpaired) electrons. The predicted molar refractivity (Wildman–Crippen MR) is 43.3 cm³/mol. The van der Waals surface area contributed by atoms with E-state index in [1.165, 1.54) is 0 Å². The normalized spacial score (nSPS) is 20.5. The van der Waals surface area contributed by atoms with E-state index in [-0.39, 0.29) is 0 Å². The van der Waals surface area contributed by atoms with Crippen molar-refractivity contribution in [3.05, 3.63) is 46.3 Å². The highest BCUT2D eigenvalue weighted by Gasteiger charge is 2.59. The number of fused-ring (bicyclic) bond motifs is 1. The van der Waals surface area contributed by atoms with Crippen LogP contribution in [-0.2, 0) is 11.8 Å². The summed E-state index contributed by atoms with van der Waals surface area (Å²) < 4.78 is 117. The molecular weight excluding hydrogens is 291 g/mol. The van der Waals surface area contributed by atoms with Gasteiger partial charge in [0.1, 0.15) is 0 Å². The van der Waals surface area contributed by atoms with Crippen molar-refractivity contribution in [2.45, 2.75) is 11.8 Å². The van der Waals surface area contributed by atoms with Gasteiger partial charge in [-0.25, -0.2) is 22.0 Å². The van der Waals surface area contributed by atoms with Crippen LogP contribution in [0.15, 0.2) is 17.7 Å². The van der Waals surface area contributed by atoms with Gasteiger partial charge in [-0.2, -0.15) is 17.6 Å². The zero-order valence-electron chi connectivity index (χ0n) is 8.48. The van der Waals surface area contributed by atoms with Gasteiger partial charge in [0.2, 0.25) is 11.7 Å². The molecule has 0 heterocycles. The quantitative estimate of drug-likeness (QED) is 0.489. The van der Waals surface area contributed by atoms with Crippen LogP contribution >= 0.6 is 0 Å². The van der Waals surface area contributed by atoms with Gasteiger partial charge in [0.05, 0.1) is 5.56 Å². The van der Waals surface area contributed by atoms with E-state index >= 15 is 0 Å². The minimum Gasteiger partial charge on any atom is -0.204 e. The molecule has 0 unspecified atom stereocenters. The average molecular weight is 292 g/mol. The molecule has 0 spiro atoms. The molecule has 0 nitrogen and oxygen atoms in total. The Morgan fingerprint density at radius 3 is 1.68 bits per heavy atom. The molecule has 0 saturated heterocycles. The molecule has 9 heteroatoms. The summed E-state index contributed by atoms with van der Waals surface area (Å²) >= 11 is 0. The molecule has 1 aromatic rings. The van der Waals surface area contributed by atoms with Gasteiger partial charge in [0, 0.05) is 5.56 Å². The lowest BCUT2D eigenvalue weighted by Gasteiger charge is -2.29. The van der Waals surface area contributed by atoms with Crippen LogP contribution < -0.4 is 0 Å². The fraction of sp³-hybridized carbons (Fsp3) is 0.200. The van der Waals surface area contributed by atoms with E-state index in [0.717, 1.165) is 0 Å². The number of hydrogen-bond donors (Lipinski definition) is 0. The van der Waals surface area contributed by atoms with E-state index in [0.29, 0.717) is 0 Å². The highest BCUT2D eigenvalue weighted by Crippen LogP contribution is 2.54. The van der Waals surface area contributed by atoms with Crippen molar-refractivity contribution in [3.63, 3.8) is 0 Å². The summed E-state index contributed by atoms with van der Waals surface area (Å²) in [6.45, 7) is 0. The third-order valence-electron chi connectivity index (χ3n) is 2.56. The largest absolute Gasteiger partial charge is 0.330 e. The second-order valence-corrected chi connectivity index (χ2v) is 3.69. The lowest BCUT2D eigenvalue weighted by Crippen LogP contribution is -2.33. The Balaban J connectivity index is 2.96. The van der Waals surface area contributed by atoms with Crippen LogP contribution in [0.3, 0.4) is 0 Å². The van der Waals surface area contributed by atoms with Crippen LogP contribution in [0.1, 0.15) is 11.1 Å². The molecule has 0 saturated carbocycles. The third-order valence-corrected chi connectivity index (χ3v) is 2.56. The van der Waals surface area contributed by atoms with Crippen molar-refractivity contribution >= 4 is 0 Å². The van der Waals surface area contributed by atoms with Gasteiger partial charge in [-0.15, -0.1) is 0 Å². The van der Waals surface area contributed by atoms with Gasteiger partial charge in [0.25, 0.3) is 0 Å². The fourth-order valence-electron chi connectivity index (χ4n) is 1.65. The Kier molecular flexibility index (Phi) is 2.66. The molecular formula is C10HF9. The van der Waals surface area contributed by atoms with E-state index in [1.807, 2.05) is 0 Å². The average Bonchev–Trinajstić information content (AvgIpc) is 2.31. The first kappa shape index (κ1) is 13.8. The number of alkyl halides is 4. The minimum absolute atomic E-state index is 0.492. The first-order chi connectivity index (χ1) is 8.52. The first-order valence-corrected chi connectivity index (χ1v) is 4.53. The molecule has 2 rings (SSSR count). The van der Waals surface area contributed by atoms with E-state index in [1.54, 1.807) is 0 Å². The standard InChI is InChI=1S/C10HF9/c11-3-1-2-4(6(13)5(3)12)10(18,19)8(15)7(14)9(2,16)17/h1H. The number of halogens is 9. The molecule has 1 aromatic carbocycles. The number of rotatable bonds is 0. The van der Waals surface area contributed by atoms with Crippen LogP contribution in [0.5, 0.6) is 0 Å². The molecule has 104 valence electrons. The molecule has 1 aliphatic rings. The Bertz CT molecular complexity index is 600. The Morgan fingerprint density at radius 2 is 1.16 bits per heavy atom. The van der Waals surface area contributed by atoms with Crippen LogP contribution in [0.2, 0.25) is 0 Å². The summed E-state index contributed by atoms with van der Waals surface area (Å²) in [6.07, 6.45) is 0. The van der Waals surface area contributed by atoms with E-state index in [4.69, 9.17) is 0 Å². The smallest absolute Gasteiger partial charge is 0.204 e. The summed E-state index contributed by atoms with van der Waals surface area (Å²) in [5.74, 6) is -24.0. The highest BCUT2D eigenvalue weighted by molar-refractivity contribution is 5.48. The van der Waals surface area contributed by atoms with Gasteiger partial charge < -0.3 is 0 Å². The van der Waals surface area contributed by atoms with E-state index in [2.05, 4.69) is 0 Å². The number of benzene rings is 1.